The van der Waals surface area contributed by atoms with Crippen LogP contribution in [0.2, 0.25) is 0 Å². The first-order valence-electron chi connectivity index (χ1n) is 5.46. The van der Waals surface area contributed by atoms with E-state index in [1.54, 1.807) is 7.11 Å². The third kappa shape index (κ3) is 2.54. The lowest BCUT2D eigenvalue weighted by Crippen LogP contribution is -2.31. The normalized spacial score (nSPS) is 20.3. The maximum absolute atomic E-state index is 5.88. The molecule has 5 heteroatoms. The van der Waals surface area contributed by atoms with Crippen molar-refractivity contribution < 1.29 is 4.74 Å². The highest BCUT2D eigenvalue weighted by Gasteiger charge is 2.18. The quantitative estimate of drug-likeness (QED) is 0.717. The second-order valence-corrected chi connectivity index (χ2v) is 4.02. The van der Waals surface area contributed by atoms with Gasteiger partial charge in [-0.3, -0.25) is 0 Å². The fraction of sp³-hybridized carbons (Fsp3) is 0.800. The van der Waals surface area contributed by atoms with Crippen molar-refractivity contribution in [1.29, 1.82) is 0 Å². The zero-order valence-electron chi connectivity index (χ0n) is 9.15. The van der Waals surface area contributed by atoms with Gasteiger partial charge in [0, 0.05) is 39.1 Å². The first-order valence-corrected chi connectivity index (χ1v) is 5.46. The van der Waals surface area contributed by atoms with Crippen LogP contribution in [-0.4, -0.2) is 34.5 Å². The number of fused-ring (bicyclic) bond motifs is 1. The molecule has 1 aliphatic rings. The lowest BCUT2D eigenvalue weighted by Gasteiger charge is -2.17. The highest BCUT2D eigenvalue weighted by molar-refractivity contribution is 4.98. The molecule has 0 aromatic carbocycles. The summed E-state index contributed by atoms with van der Waals surface area (Å²) >= 11 is 0. The van der Waals surface area contributed by atoms with Gasteiger partial charge in [-0.1, -0.05) is 0 Å². The van der Waals surface area contributed by atoms with Crippen LogP contribution in [-0.2, 0) is 24.1 Å². The minimum Gasteiger partial charge on any atom is -0.385 e. The molecule has 1 atom stereocenters. The van der Waals surface area contributed by atoms with Crippen LogP contribution in [0.25, 0.3) is 0 Å². The Kier molecular flexibility index (Phi) is 3.33. The second kappa shape index (κ2) is 4.72. The summed E-state index contributed by atoms with van der Waals surface area (Å²) in [7, 11) is 1.71. The topological polar surface area (TPSA) is 66.0 Å². The second-order valence-electron chi connectivity index (χ2n) is 4.02. The van der Waals surface area contributed by atoms with E-state index in [2.05, 4.69) is 10.1 Å². The summed E-state index contributed by atoms with van der Waals surface area (Å²) in [6.07, 6.45) is 3.74. The van der Waals surface area contributed by atoms with Crippen molar-refractivity contribution in [3.63, 3.8) is 0 Å². The number of hydrogen-bond donors (Lipinski definition) is 1. The molecule has 0 radical (unpaired) electrons. The number of rotatable bonds is 4. The fourth-order valence-corrected chi connectivity index (χ4v) is 1.86. The maximum atomic E-state index is 5.88. The smallest absolute Gasteiger partial charge is 0.151 e. The molecule has 5 nitrogen and oxygen atoms in total. The number of nitrogens with zero attached hydrogens (tertiary/aromatic N) is 3. The van der Waals surface area contributed by atoms with Crippen LogP contribution in [0.15, 0.2) is 0 Å². The van der Waals surface area contributed by atoms with E-state index in [1.807, 2.05) is 4.68 Å². The van der Waals surface area contributed by atoms with Crippen LogP contribution in [0.4, 0.5) is 0 Å². The zero-order valence-corrected chi connectivity index (χ0v) is 9.15. The van der Waals surface area contributed by atoms with Crippen LogP contribution < -0.4 is 5.73 Å². The molecule has 0 aliphatic carbocycles. The third-order valence-corrected chi connectivity index (χ3v) is 2.70. The van der Waals surface area contributed by atoms with E-state index in [0.717, 1.165) is 50.5 Å². The number of methoxy groups -OCH3 is 1. The minimum atomic E-state index is 0.258. The van der Waals surface area contributed by atoms with Gasteiger partial charge in [-0.05, 0) is 12.8 Å². The highest BCUT2D eigenvalue weighted by atomic mass is 16.5. The van der Waals surface area contributed by atoms with Crippen molar-refractivity contribution in [2.24, 2.45) is 5.73 Å². The van der Waals surface area contributed by atoms with Crippen molar-refractivity contribution in [2.75, 3.05) is 13.7 Å². The molecule has 1 aromatic heterocycles. The van der Waals surface area contributed by atoms with Crippen molar-refractivity contribution in [3.05, 3.63) is 11.6 Å². The van der Waals surface area contributed by atoms with Gasteiger partial charge in [-0.15, -0.1) is 0 Å². The number of hydrogen-bond acceptors (Lipinski definition) is 4. The lowest BCUT2D eigenvalue weighted by molar-refractivity contribution is 0.194. The van der Waals surface area contributed by atoms with E-state index >= 15 is 0 Å². The molecule has 0 spiro atoms. The first kappa shape index (κ1) is 10.6. The van der Waals surface area contributed by atoms with E-state index in [9.17, 15) is 0 Å². The van der Waals surface area contributed by atoms with Gasteiger partial charge in [-0.2, -0.15) is 5.10 Å². The van der Waals surface area contributed by atoms with Crippen molar-refractivity contribution in [2.45, 2.75) is 38.3 Å². The van der Waals surface area contributed by atoms with E-state index < -0.39 is 0 Å². The molecule has 15 heavy (non-hydrogen) atoms. The van der Waals surface area contributed by atoms with Crippen LogP contribution >= 0.6 is 0 Å². The molecule has 0 saturated heterocycles. The van der Waals surface area contributed by atoms with Crippen LogP contribution in [0, 0.1) is 0 Å². The number of aromatic nitrogens is 3. The van der Waals surface area contributed by atoms with Gasteiger partial charge in [0.2, 0.25) is 0 Å². The first-order chi connectivity index (χ1) is 7.29. The Hall–Kier alpha value is -0.940. The predicted octanol–water partition coefficient (Wildman–Crippen LogP) is 0.131. The van der Waals surface area contributed by atoms with Crippen LogP contribution in [0.5, 0.6) is 0 Å². The summed E-state index contributed by atoms with van der Waals surface area (Å²) in [6, 6.07) is 0.258. The molecular weight excluding hydrogens is 192 g/mol. The third-order valence-electron chi connectivity index (χ3n) is 2.70. The fourth-order valence-electron chi connectivity index (χ4n) is 1.86. The summed E-state index contributed by atoms with van der Waals surface area (Å²) in [5, 5.41) is 4.45. The molecule has 1 aromatic rings. The molecule has 2 rings (SSSR count). The monoisotopic (exact) mass is 210 g/mol. The summed E-state index contributed by atoms with van der Waals surface area (Å²) in [5.41, 5.74) is 5.88. The molecule has 2 N–H and O–H groups in total. The molecular formula is C10H18N4O. The standard InChI is InChI=1S/C10H18N4O/c1-15-6-2-3-9-12-10-7-8(11)4-5-14(10)13-9/h8H,2-7,11H2,1H3. The minimum absolute atomic E-state index is 0.258. The van der Waals surface area contributed by atoms with Gasteiger partial charge in [0.25, 0.3) is 0 Å². The Morgan fingerprint density at radius 2 is 2.47 bits per heavy atom. The van der Waals surface area contributed by atoms with Gasteiger partial charge in [-0.25, -0.2) is 9.67 Å². The highest BCUT2D eigenvalue weighted by Crippen LogP contribution is 2.12. The molecule has 0 saturated carbocycles. The Morgan fingerprint density at radius 1 is 1.60 bits per heavy atom. The van der Waals surface area contributed by atoms with E-state index in [-0.39, 0.29) is 6.04 Å². The number of ether oxygens (including phenoxy) is 1. The predicted molar refractivity (Wildman–Crippen MR) is 56.5 cm³/mol. The molecule has 2 heterocycles. The SMILES string of the molecule is COCCCc1nc2n(n1)CCC(N)C2. The van der Waals surface area contributed by atoms with E-state index in [4.69, 9.17) is 10.5 Å². The van der Waals surface area contributed by atoms with Gasteiger partial charge < -0.3 is 10.5 Å². The lowest BCUT2D eigenvalue weighted by atomic mass is 10.1. The Balaban J connectivity index is 1.96. The van der Waals surface area contributed by atoms with Crippen LogP contribution in [0.1, 0.15) is 24.5 Å². The van der Waals surface area contributed by atoms with Crippen molar-refractivity contribution in [3.8, 4) is 0 Å². The van der Waals surface area contributed by atoms with Crippen LogP contribution in [0.3, 0.4) is 0 Å². The number of nitrogens with two attached hydrogens (primary N) is 1. The molecule has 84 valence electrons. The van der Waals surface area contributed by atoms with E-state index in [1.165, 1.54) is 0 Å². The Bertz CT molecular complexity index is 323. The Morgan fingerprint density at radius 3 is 3.27 bits per heavy atom. The molecule has 1 aliphatic heterocycles. The van der Waals surface area contributed by atoms with Gasteiger partial charge in [0.05, 0.1) is 0 Å². The summed E-state index contributed by atoms with van der Waals surface area (Å²) in [5.74, 6) is 1.97. The van der Waals surface area contributed by atoms with Gasteiger partial charge >= 0.3 is 0 Å². The summed E-state index contributed by atoms with van der Waals surface area (Å²) in [6.45, 7) is 1.68. The van der Waals surface area contributed by atoms with E-state index in [0.29, 0.717) is 0 Å². The number of aryl methyl sites for hydroxylation is 2. The van der Waals surface area contributed by atoms with Gasteiger partial charge in [0.15, 0.2) is 5.82 Å². The average molecular weight is 210 g/mol. The summed E-state index contributed by atoms with van der Waals surface area (Å²) < 4.78 is 6.99. The molecule has 0 bridgehead atoms. The zero-order chi connectivity index (χ0) is 10.7. The largest absolute Gasteiger partial charge is 0.385 e. The van der Waals surface area contributed by atoms with Gasteiger partial charge in [0.1, 0.15) is 5.82 Å². The molecule has 0 amide bonds. The maximum Gasteiger partial charge on any atom is 0.151 e. The summed E-state index contributed by atoms with van der Waals surface area (Å²) in [4.78, 5) is 4.49. The molecule has 1 unspecified atom stereocenters. The van der Waals surface area contributed by atoms with Crippen molar-refractivity contribution >= 4 is 0 Å². The van der Waals surface area contributed by atoms with Crippen molar-refractivity contribution in [1.82, 2.24) is 14.8 Å². The Labute approximate surface area is 89.6 Å². The average Bonchev–Trinajstić information content (AvgIpc) is 2.60. The molecule has 0 fully saturated rings.